The highest BCUT2D eigenvalue weighted by Crippen LogP contribution is 2.15. The molecule has 4 atom stereocenters. The van der Waals surface area contributed by atoms with Crippen molar-refractivity contribution in [3.8, 4) is 0 Å². The predicted octanol–water partition coefficient (Wildman–Crippen LogP) is 3.76. The summed E-state index contributed by atoms with van der Waals surface area (Å²) in [6.07, 6.45) is 14.6. The minimum Gasteiger partial charge on any atom is -0.464 e. The number of carbonyl (C=O) groups is 3. The molecule has 0 spiro atoms. The summed E-state index contributed by atoms with van der Waals surface area (Å²) >= 11 is 0. The number of aliphatic hydroxyl groups excluding tert-OH is 3. The van der Waals surface area contributed by atoms with E-state index in [9.17, 15) is 24.6 Å². The third-order valence-corrected chi connectivity index (χ3v) is 6.82. The molecule has 4 unspecified atom stereocenters. The van der Waals surface area contributed by atoms with Crippen molar-refractivity contribution in [1.82, 2.24) is 10.6 Å². The maximum absolute atomic E-state index is 12.5. The summed E-state index contributed by atoms with van der Waals surface area (Å²) in [7, 11) is 0. The number of ether oxygens (including phenoxy) is 1. The van der Waals surface area contributed by atoms with Crippen LogP contribution < -0.4 is 10.6 Å². The molecule has 2 amide bonds. The lowest BCUT2D eigenvalue weighted by Gasteiger charge is -2.25. The first-order valence-corrected chi connectivity index (χ1v) is 14.8. The standard InChI is InChI=1S/C29H56N2O7/c1-5-6-7-8-9-10-11-12-13-14-15-16-17-18-25(34)24(30-23(4)33)19-20-38-29(37)27(22(2)3)31-28(36)26(35)21-32/h22,24-27,32,34-35H,5-21H2,1-4H3,(H,30,33)(H,31,36). The van der Waals surface area contributed by atoms with E-state index in [1.54, 1.807) is 13.8 Å². The highest BCUT2D eigenvalue weighted by atomic mass is 16.5. The molecule has 0 radical (unpaired) electrons. The molecule has 0 aliphatic carbocycles. The van der Waals surface area contributed by atoms with Gasteiger partial charge in [-0.15, -0.1) is 0 Å². The Labute approximate surface area is 230 Å². The van der Waals surface area contributed by atoms with E-state index in [0.29, 0.717) is 6.42 Å². The van der Waals surface area contributed by atoms with E-state index in [1.807, 2.05) is 0 Å². The SMILES string of the molecule is CCCCCCCCCCCCCCCC(O)C(CCOC(=O)C(NC(=O)C(O)CO)C(C)C)NC(C)=O. The van der Waals surface area contributed by atoms with Crippen LogP contribution in [-0.2, 0) is 19.1 Å². The highest BCUT2D eigenvalue weighted by Gasteiger charge is 2.28. The third kappa shape index (κ3) is 18.5. The maximum atomic E-state index is 12.5. The highest BCUT2D eigenvalue weighted by molar-refractivity contribution is 5.87. The van der Waals surface area contributed by atoms with E-state index in [4.69, 9.17) is 9.84 Å². The topological polar surface area (TPSA) is 145 Å². The third-order valence-electron chi connectivity index (χ3n) is 6.82. The van der Waals surface area contributed by atoms with Gasteiger partial charge < -0.3 is 30.7 Å². The van der Waals surface area contributed by atoms with Gasteiger partial charge in [0.15, 0.2) is 6.10 Å². The number of amides is 2. The van der Waals surface area contributed by atoms with Crippen molar-refractivity contribution in [3.63, 3.8) is 0 Å². The van der Waals surface area contributed by atoms with Gasteiger partial charge in [-0.2, -0.15) is 0 Å². The van der Waals surface area contributed by atoms with E-state index < -0.39 is 42.8 Å². The quantitative estimate of drug-likeness (QED) is 0.0919. The van der Waals surface area contributed by atoms with Crippen molar-refractivity contribution in [2.75, 3.05) is 13.2 Å². The van der Waals surface area contributed by atoms with Crippen LogP contribution in [0.1, 0.15) is 124 Å². The lowest BCUT2D eigenvalue weighted by atomic mass is 10.00. The van der Waals surface area contributed by atoms with Gasteiger partial charge in [0.05, 0.1) is 25.4 Å². The van der Waals surface area contributed by atoms with E-state index in [0.717, 1.165) is 19.3 Å². The fourth-order valence-electron chi connectivity index (χ4n) is 4.40. The number of esters is 1. The second kappa shape index (κ2) is 23.2. The summed E-state index contributed by atoms with van der Waals surface area (Å²) in [4.78, 5) is 36.0. The fraction of sp³-hybridized carbons (Fsp3) is 0.897. The molecular formula is C29H56N2O7. The Bertz CT molecular complexity index is 630. The van der Waals surface area contributed by atoms with E-state index in [-0.39, 0.29) is 24.9 Å². The van der Waals surface area contributed by atoms with Crippen molar-refractivity contribution in [1.29, 1.82) is 0 Å². The number of unbranched alkanes of at least 4 members (excludes halogenated alkanes) is 12. The second-order valence-electron chi connectivity index (χ2n) is 10.8. The van der Waals surface area contributed by atoms with Crippen LogP contribution in [0.15, 0.2) is 0 Å². The first kappa shape index (κ1) is 36.3. The van der Waals surface area contributed by atoms with Gasteiger partial charge >= 0.3 is 5.97 Å². The molecule has 0 rings (SSSR count). The second-order valence-corrected chi connectivity index (χ2v) is 10.8. The predicted molar refractivity (Wildman–Crippen MR) is 149 cm³/mol. The van der Waals surface area contributed by atoms with Crippen LogP contribution in [0.2, 0.25) is 0 Å². The first-order chi connectivity index (χ1) is 18.1. The van der Waals surface area contributed by atoms with Gasteiger partial charge in [0.1, 0.15) is 6.04 Å². The zero-order valence-corrected chi connectivity index (χ0v) is 24.4. The van der Waals surface area contributed by atoms with Gasteiger partial charge in [-0.05, 0) is 12.3 Å². The van der Waals surface area contributed by atoms with Crippen molar-refractivity contribution in [2.45, 2.75) is 148 Å². The molecule has 9 heteroatoms. The number of aliphatic hydroxyl groups is 3. The number of hydrogen-bond acceptors (Lipinski definition) is 7. The molecule has 0 aliphatic heterocycles. The minimum atomic E-state index is -1.62. The largest absolute Gasteiger partial charge is 0.464 e. The summed E-state index contributed by atoms with van der Waals surface area (Å²) in [5.74, 6) is -2.10. The van der Waals surface area contributed by atoms with Crippen molar-refractivity contribution in [3.05, 3.63) is 0 Å². The Morgan fingerprint density at radius 1 is 0.763 bits per heavy atom. The van der Waals surface area contributed by atoms with E-state index >= 15 is 0 Å². The van der Waals surface area contributed by atoms with Crippen LogP contribution in [0.5, 0.6) is 0 Å². The van der Waals surface area contributed by atoms with Crippen molar-refractivity contribution >= 4 is 17.8 Å². The fourth-order valence-corrected chi connectivity index (χ4v) is 4.40. The monoisotopic (exact) mass is 544 g/mol. The molecule has 0 saturated heterocycles. The summed E-state index contributed by atoms with van der Waals surface area (Å²) < 4.78 is 5.30. The molecule has 0 aromatic carbocycles. The zero-order valence-electron chi connectivity index (χ0n) is 24.4. The number of hydrogen-bond donors (Lipinski definition) is 5. The van der Waals surface area contributed by atoms with Gasteiger partial charge in [0.2, 0.25) is 5.91 Å². The van der Waals surface area contributed by atoms with Gasteiger partial charge in [-0.1, -0.05) is 104 Å². The normalized spacial score (nSPS) is 14.5. The molecule has 0 fully saturated rings. The van der Waals surface area contributed by atoms with Crippen LogP contribution in [0.3, 0.4) is 0 Å². The average Bonchev–Trinajstić information content (AvgIpc) is 2.87. The van der Waals surface area contributed by atoms with E-state index in [1.165, 1.54) is 71.1 Å². The molecule has 0 aromatic heterocycles. The molecular weight excluding hydrogens is 488 g/mol. The van der Waals surface area contributed by atoms with Crippen LogP contribution >= 0.6 is 0 Å². The van der Waals surface area contributed by atoms with Crippen molar-refractivity contribution in [2.24, 2.45) is 5.92 Å². The summed E-state index contributed by atoms with van der Waals surface area (Å²) in [5.41, 5.74) is 0. The van der Waals surface area contributed by atoms with Gasteiger partial charge in [-0.25, -0.2) is 4.79 Å². The van der Waals surface area contributed by atoms with Crippen LogP contribution in [0, 0.1) is 5.92 Å². The first-order valence-electron chi connectivity index (χ1n) is 14.8. The molecule has 5 N–H and O–H groups in total. The Kier molecular flexibility index (Phi) is 22.2. The summed E-state index contributed by atoms with van der Waals surface area (Å²) in [6.45, 7) is 6.27. The van der Waals surface area contributed by atoms with Crippen LogP contribution in [0.25, 0.3) is 0 Å². The molecule has 38 heavy (non-hydrogen) atoms. The Morgan fingerprint density at radius 2 is 1.26 bits per heavy atom. The molecule has 224 valence electrons. The Balaban J connectivity index is 4.26. The lowest BCUT2D eigenvalue weighted by molar-refractivity contribution is -0.151. The maximum Gasteiger partial charge on any atom is 0.328 e. The van der Waals surface area contributed by atoms with Gasteiger partial charge in [0, 0.05) is 13.3 Å². The smallest absolute Gasteiger partial charge is 0.328 e. The molecule has 0 aromatic rings. The molecule has 0 bridgehead atoms. The number of rotatable bonds is 24. The van der Waals surface area contributed by atoms with E-state index in [2.05, 4.69) is 17.6 Å². The molecule has 0 saturated carbocycles. The number of nitrogens with one attached hydrogen (secondary N) is 2. The lowest BCUT2D eigenvalue weighted by Crippen LogP contribution is -2.50. The van der Waals surface area contributed by atoms with Crippen LogP contribution in [0.4, 0.5) is 0 Å². The average molecular weight is 545 g/mol. The Morgan fingerprint density at radius 3 is 1.71 bits per heavy atom. The number of carbonyl (C=O) groups excluding carboxylic acids is 3. The molecule has 0 heterocycles. The Hall–Kier alpha value is -1.71. The van der Waals surface area contributed by atoms with Crippen molar-refractivity contribution < 1.29 is 34.4 Å². The van der Waals surface area contributed by atoms with Gasteiger partial charge in [0.25, 0.3) is 5.91 Å². The minimum absolute atomic E-state index is 0.0406. The zero-order chi connectivity index (χ0) is 28.8. The molecule has 0 aliphatic rings. The van der Waals surface area contributed by atoms with Gasteiger partial charge in [-0.3, -0.25) is 9.59 Å². The molecule has 9 nitrogen and oxygen atoms in total. The van der Waals surface area contributed by atoms with Crippen LogP contribution in [-0.4, -0.2) is 70.6 Å². The summed E-state index contributed by atoms with van der Waals surface area (Å²) in [5, 5.41) is 34.1. The summed E-state index contributed by atoms with van der Waals surface area (Å²) in [6, 6.07) is -1.53.